The van der Waals surface area contributed by atoms with Gasteiger partial charge in [0.25, 0.3) is 5.91 Å². The van der Waals surface area contributed by atoms with Crippen molar-refractivity contribution in [2.24, 2.45) is 0 Å². The van der Waals surface area contributed by atoms with Crippen molar-refractivity contribution >= 4 is 15.9 Å². The van der Waals surface area contributed by atoms with Crippen molar-refractivity contribution < 1.29 is 17.6 Å². The summed E-state index contributed by atoms with van der Waals surface area (Å²) in [7, 11) is -3.62. The third kappa shape index (κ3) is 4.15. The number of rotatable bonds is 5. The van der Waals surface area contributed by atoms with Gasteiger partial charge in [0, 0.05) is 30.3 Å². The monoisotopic (exact) mass is 404 g/mol. The lowest BCUT2D eigenvalue weighted by atomic mass is 10.1. The van der Waals surface area contributed by atoms with Gasteiger partial charge in [-0.15, -0.1) is 0 Å². The van der Waals surface area contributed by atoms with E-state index in [-0.39, 0.29) is 16.8 Å². The smallest absolute Gasteiger partial charge is 0.251 e. The van der Waals surface area contributed by atoms with Crippen LogP contribution in [0.3, 0.4) is 0 Å². The molecular weight excluding hydrogens is 376 g/mol. The van der Waals surface area contributed by atoms with Gasteiger partial charge in [0.05, 0.1) is 4.90 Å². The molecule has 1 amide bonds. The highest BCUT2D eigenvalue weighted by molar-refractivity contribution is 7.89. The maximum Gasteiger partial charge on any atom is 0.251 e. The van der Waals surface area contributed by atoms with Crippen LogP contribution in [-0.4, -0.2) is 31.2 Å². The van der Waals surface area contributed by atoms with Crippen LogP contribution in [0.2, 0.25) is 0 Å². The highest BCUT2D eigenvalue weighted by Crippen LogP contribution is 2.26. The molecule has 7 heteroatoms. The molecule has 3 rings (SSSR count). The summed E-state index contributed by atoms with van der Waals surface area (Å²) < 4.78 is 33.2. The van der Waals surface area contributed by atoms with E-state index in [0.717, 1.165) is 41.9 Å². The van der Waals surface area contributed by atoms with Crippen LogP contribution < -0.4 is 5.32 Å². The van der Waals surface area contributed by atoms with Gasteiger partial charge >= 0.3 is 0 Å². The van der Waals surface area contributed by atoms with Crippen molar-refractivity contribution in [3.63, 3.8) is 0 Å². The summed E-state index contributed by atoms with van der Waals surface area (Å²) in [6.07, 6.45) is 2.77. The van der Waals surface area contributed by atoms with Crippen LogP contribution in [0.1, 0.15) is 59.2 Å². The summed E-state index contributed by atoms with van der Waals surface area (Å²) in [6, 6.07) is 6.65. The topological polar surface area (TPSA) is 79.6 Å². The minimum absolute atomic E-state index is 0.0235. The molecule has 0 saturated carbocycles. The molecule has 0 bridgehead atoms. The number of hydrogen-bond acceptors (Lipinski definition) is 4. The number of carbonyl (C=O) groups excluding carboxylic acids is 1. The van der Waals surface area contributed by atoms with Crippen LogP contribution in [0, 0.1) is 20.8 Å². The molecular formula is C21H28N2O4S. The van der Waals surface area contributed by atoms with Crippen LogP contribution in [0.4, 0.5) is 0 Å². The van der Waals surface area contributed by atoms with E-state index in [2.05, 4.69) is 5.32 Å². The van der Waals surface area contributed by atoms with E-state index in [0.29, 0.717) is 18.7 Å². The third-order valence-corrected chi connectivity index (χ3v) is 7.40. The first-order valence-electron chi connectivity index (χ1n) is 9.66. The molecule has 1 N–H and O–H groups in total. The predicted molar refractivity (Wildman–Crippen MR) is 108 cm³/mol. The van der Waals surface area contributed by atoms with Crippen LogP contribution in [-0.2, 0) is 16.6 Å². The lowest BCUT2D eigenvalue weighted by Gasteiger charge is -2.32. The molecule has 0 aliphatic carbocycles. The molecule has 0 radical (unpaired) electrons. The molecule has 1 unspecified atom stereocenters. The minimum Gasteiger partial charge on any atom is -0.466 e. The van der Waals surface area contributed by atoms with Crippen molar-refractivity contribution in [1.29, 1.82) is 0 Å². The number of nitrogens with one attached hydrogen (secondary N) is 1. The standard InChI is InChI=1S/C21H28N2O4S/c1-14-8-9-19(28(25,26)23-10-6-5-7-15(23)2)12-20(14)21(24)22-13-18-11-16(3)27-17(18)4/h8-9,11-12,15H,5-7,10,13H2,1-4H3,(H,22,24). The first-order valence-corrected chi connectivity index (χ1v) is 11.1. The predicted octanol–water partition coefficient (Wildman–Crippen LogP) is 3.70. The molecule has 6 nitrogen and oxygen atoms in total. The van der Waals surface area contributed by atoms with Gasteiger partial charge in [-0.3, -0.25) is 4.79 Å². The van der Waals surface area contributed by atoms with Gasteiger partial charge in [-0.1, -0.05) is 12.5 Å². The van der Waals surface area contributed by atoms with Gasteiger partial charge in [-0.05, 0) is 64.3 Å². The van der Waals surface area contributed by atoms with Crippen LogP contribution in [0.5, 0.6) is 0 Å². The zero-order valence-electron chi connectivity index (χ0n) is 16.9. The molecule has 1 aromatic carbocycles. The molecule has 1 aliphatic rings. The van der Waals surface area contributed by atoms with Crippen molar-refractivity contribution in [3.8, 4) is 0 Å². The van der Waals surface area contributed by atoms with Gasteiger partial charge in [-0.2, -0.15) is 4.31 Å². The van der Waals surface area contributed by atoms with Gasteiger partial charge < -0.3 is 9.73 Å². The lowest BCUT2D eigenvalue weighted by molar-refractivity contribution is 0.0950. The number of amides is 1. The fourth-order valence-corrected chi connectivity index (χ4v) is 5.43. The number of carbonyl (C=O) groups is 1. The van der Waals surface area contributed by atoms with E-state index in [4.69, 9.17) is 4.42 Å². The summed E-state index contributed by atoms with van der Waals surface area (Å²) in [5, 5.41) is 2.87. The van der Waals surface area contributed by atoms with E-state index >= 15 is 0 Å². The highest BCUT2D eigenvalue weighted by atomic mass is 32.2. The normalized spacial score (nSPS) is 18.2. The number of aryl methyl sites for hydroxylation is 3. The Kier molecular flexibility index (Phi) is 5.95. The van der Waals surface area contributed by atoms with Gasteiger partial charge in [0.2, 0.25) is 10.0 Å². The molecule has 1 fully saturated rings. The van der Waals surface area contributed by atoms with Crippen LogP contribution >= 0.6 is 0 Å². The fourth-order valence-electron chi connectivity index (χ4n) is 3.70. The Hall–Kier alpha value is -2.12. The molecule has 2 heterocycles. The maximum absolute atomic E-state index is 13.1. The number of nitrogens with zero attached hydrogens (tertiary/aromatic N) is 1. The fraction of sp³-hybridized carbons (Fsp3) is 0.476. The first kappa shape index (κ1) is 20.6. The number of benzene rings is 1. The van der Waals surface area contributed by atoms with E-state index < -0.39 is 10.0 Å². The maximum atomic E-state index is 13.1. The highest BCUT2D eigenvalue weighted by Gasteiger charge is 2.31. The summed E-state index contributed by atoms with van der Waals surface area (Å²) >= 11 is 0. The van der Waals surface area contributed by atoms with Crippen molar-refractivity contribution in [3.05, 3.63) is 52.5 Å². The molecule has 1 saturated heterocycles. The van der Waals surface area contributed by atoms with E-state index in [1.807, 2.05) is 33.8 Å². The molecule has 1 aliphatic heterocycles. The minimum atomic E-state index is -3.62. The van der Waals surface area contributed by atoms with Gasteiger partial charge in [-0.25, -0.2) is 8.42 Å². The van der Waals surface area contributed by atoms with E-state index in [1.54, 1.807) is 16.4 Å². The number of sulfonamides is 1. The lowest BCUT2D eigenvalue weighted by Crippen LogP contribution is -2.42. The van der Waals surface area contributed by atoms with Gasteiger partial charge in [0.15, 0.2) is 0 Å². The Bertz CT molecular complexity index is 978. The van der Waals surface area contributed by atoms with Gasteiger partial charge in [0.1, 0.15) is 11.5 Å². The summed E-state index contributed by atoms with van der Waals surface area (Å²) in [5.74, 6) is 1.27. The largest absolute Gasteiger partial charge is 0.466 e. The SMILES string of the molecule is Cc1cc(CNC(=O)c2cc(S(=O)(=O)N3CCCCC3C)ccc2C)c(C)o1. The third-order valence-electron chi connectivity index (χ3n) is 5.39. The Balaban J connectivity index is 1.82. The zero-order chi connectivity index (χ0) is 20.5. The molecule has 152 valence electrons. The number of hydrogen-bond donors (Lipinski definition) is 1. The first-order chi connectivity index (χ1) is 13.2. The number of piperidine rings is 1. The van der Waals surface area contributed by atoms with Crippen molar-refractivity contribution in [2.45, 2.75) is 64.4 Å². The summed E-state index contributed by atoms with van der Waals surface area (Å²) in [4.78, 5) is 12.9. The van der Waals surface area contributed by atoms with E-state index in [1.165, 1.54) is 6.07 Å². The molecule has 2 aromatic rings. The second-order valence-corrected chi connectivity index (χ2v) is 9.45. The van der Waals surface area contributed by atoms with Crippen molar-refractivity contribution in [1.82, 2.24) is 9.62 Å². The quantitative estimate of drug-likeness (QED) is 0.824. The second-order valence-electron chi connectivity index (χ2n) is 7.56. The Morgan fingerprint density at radius 2 is 1.96 bits per heavy atom. The summed E-state index contributed by atoms with van der Waals surface area (Å²) in [5.41, 5.74) is 2.03. The molecule has 0 spiro atoms. The average molecular weight is 405 g/mol. The second kappa shape index (κ2) is 8.09. The Labute approximate surface area is 167 Å². The zero-order valence-corrected chi connectivity index (χ0v) is 17.7. The average Bonchev–Trinajstić information content (AvgIpc) is 2.97. The van der Waals surface area contributed by atoms with Crippen LogP contribution in [0.25, 0.3) is 0 Å². The van der Waals surface area contributed by atoms with Crippen LogP contribution in [0.15, 0.2) is 33.6 Å². The van der Waals surface area contributed by atoms with Crippen molar-refractivity contribution in [2.75, 3.05) is 6.54 Å². The Morgan fingerprint density at radius 3 is 2.61 bits per heavy atom. The molecule has 1 aromatic heterocycles. The van der Waals surface area contributed by atoms with E-state index in [9.17, 15) is 13.2 Å². The molecule has 28 heavy (non-hydrogen) atoms. The molecule has 1 atom stereocenters. The summed E-state index contributed by atoms with van der Waals surface area (Å²) in [6.45, 7) is 8.32. The Morgan fingerprint density at radius 1 is 1.21 bits per heavy atom. The number of furan rings is 1.